The van der Waals surface area contributed by atoms with E-state index in [0.29, 0.717) is 6.04 Å². The monoisotopic (exact) mass is 308 g/mol. The number of aromatic nitrogens is 3. The first-order valence-electron chi connectivity index (χ1n) is 5.95. The van der Waals surface area contributed by atoms with Gasteiger partial charge >= 0.3 is 0 Å². The summed E-state index contributed by atoms with van der Waals surface area (Å²) in [5, 5.41) is 7.52. The second-order valence-electron chi connectivity index (χ2n) is 4.26. The van der Waals surface area contributed by atoms with E-state index in [1.807, 2.05) is 31.2 Å². The van der Waals surface area contributed by atoms with Crippen molar-refractivity contribution < 1.29 is 0 Å². The highest BCUT2D eigenvalue weighted by Crippen LogP contribution is 2.20. The van der Waals surface area contributed by atoms with E-state index in [1.165, 1.54) is 11.3 Å². The lowest BCUT2D eigenvalue weighted by Gasteiger charge is -2.16. The molecule has 1 unspecified atom stereocenters. The SMILES string of the molecule is CNC(CCc1ccnn1C)c1cncc(Br)c1. The third kappa shape index (κ3) is 3.17. The quantitative estimate of drug-likeness (QED) is 0.922. The lowest BCUT2D eigenvalue weighted by atomic mass is 10.0. The summed E-state index contributed by atoms with van der Waals surface area (Å²) in [7, 11) is 3.96. The van der Waals surface area contributed by atoms with Gasteiger partial charge in [-0.3, -0.25) is 9.67 Å². The molecule has 0 fully saturated rings. The first-order chi connectivity index (χ1) is 8.70. The van der Waals surface area contributed by atoms with E-state index in [-0.39, 0.29) is 0 Å². The maximum Gasteiger partial charge on any atom is 0.0492 e. The Labute approximate surface area is 116 Å². The summed E-state index contributed by atoms with van der Waals surface area (Å²) < 4.78 is 2.94. The smallest absolute Gasteiger partial charge is 0.0492 e. The molecule has 2 aromatic rings. The molecule has 96 valence electrons. The van der Waals surface area contributed by atoms with Crippen molar-refractivity contribution in [3.05, 3.63) is 46.5 Å². The van der Waals surface area contributed by atoms with E-state index in [9.17, 15) is 0 Å². The number of hydrogen-bond donors (Lipinski definition) is 1. The van der Waals surface area contributed by atoms with Crippen LogP contribution in [0, 0.1) is 0 Å². The average molecular weight is 309 g/mol. The molecule has 0 saturated carbocycles. The van der Waals surface area contributed by atoms with Crippen molar-refractivity contribution in [1.82, 2.24) is 20.1 Å². The Morgan fingerprint density at radius 2 is 2.28 bits per heavy atom. The topological polar surface area (TPSA) is 42.7 Å². The molecule has 0 spiro atoms. The van der Waals surface area contributed by atoms with Crippen LogP contribution in [-0.2, 0) is 13.5 Å². The predicted molar refractivity (Wildman–Crippen MR) is 75.3 cm³/mol. The minimum Gasteiger partial charge on any atom is -0.313 e. The molecule has 0 aromatic carbocycles. The van der Waals surface area contributed by atoms with Gasteiger partial charge in [-0.1, -0.05) is 0 Å². The van der Waals surface area contributed by atoms with Gasteiger partial charge < -0.3 is 5.32 Å². The molecule has 0 radical (unpaired) electrons. The van der Waals surface area contributed by atoms with E-state index in [4.69, 9.17) is 0 Å². The van der Waals surface area contributed by atoms with Gasteiger partial charge in [-0.25, -0.2) is 0 Å². The van der Waals surface area contributed by atoms with Crippen LogP contribution in [0.3, 0.4) is 0 Å². The van der Waals surface area contributed by atoms with Gasteiger partial charge in [-0.05, 0) is 53.5 Å². The lowest BCUT2D eigenvalue weighted by Crippen LogP contribution is -2.18. The lowest BCUT2D eigenvalue weighted by molar-refractivity contribution is 0.534. The van der Waals surface area contributed by atoms with Gasteiger partial charge in [-0.2, -0.15) is 5.10 Å². The van der Waals surface area contributed by atoms with E-state index in [2.05, 4.69) is 43.5 Å². The van der Waals surface area contributed by atoms with E-state index < -0.39 is 0 Å². The summed E-state index contributed by atoms with van der Waals surface area (Å²) in [5.74, 6) is 0. The summed E-state index contributed by atoms with van der Waals surface area (Å²) in [6, 6.07) is 4.48. The molecule has 0 aliphatic heterocycles. The molecule has 0 bridgehead atoms. The fraction of sp³-hybridized carbons (Fsp3) is 0.385. The fourth-order valence-corrected chi connectivity index (χ4v) is 2.42. The molecular formula is C13H17BrN4. The maximum atomic E-state index is 4.21. The Balaban J connectivity index is 2.04. The zero-order chi connectivity index (χ0) is 13.0. The van der Waals surface area contributed by atoms with Crippen molar-refractivity contribution in [2.24, 2.45) is 7.05 Å². The Hall–Kier alpha value is -1.20. The Bertz CT molecular complexity index is 509. The number of pyridine rings is 1. The van der Waals surface area contributed by atoms with E-state index >= 15 is 0 Å². The molecule has 0 aliphatic carbocycles. The first-order valence-corrected chi connectivity index (χ1v) is 6.74. The molecule has 0 saturated heterocycles. The molecule has 18 heavy (non-hydrogen) atoms. The highest BCUT2D eigenvalue weighted by atomic mass is 79.9. The molecule has 1 atom stereocenters. The standard InChI is InChI=1S/C13H17BrN4/c1-15-13(10-7-11(14)9-16-8-10)4-3-12-5-6-17-18(12)2/h5-9,13,15H,3-4H2,1-2H3. The largest absolute Gasteiger partial charge is 0.313 e. The normalized spacial score (nSPS) is 12.6. The first kappa shape index (κ1) is 13.2. The minimum absolute atomic E-state index is 0.310. The van der Waals surface area contributed by atoms with Crippen molar-refractivity contribution in [2.75, 3.05) is 7.05 Å². The minimum atomic E-state index is 0.310. The van der Waals surface area contributed by atoms with Crippen molar-refractivity contribution >= 4 is 15.9 Å². The van der Waals surface area contributed by atoms with Gasteiger partial charge in [0, 0.05) is 41.8 Å². The summed E-state index contributed by atoms with van der Waals surface area (Å²) in [6.45, 7) is 0. The molecule has 0 amide bonds. The van der Waals surface area contributed by atoms with Crippen molar-refractivity contribution in [3.63, 3.8) is 0 Å². The third-order valence-electron chi connectivity index (χ3n) is 3.09. The van der Waals surface area contributed by atoms with Gasteiger partial charge in [0.05, 0.1) is 0 Å². The number of aryl methyl sites for hydroxylation is 2. The van der Waals surface area contributed by atoms with Crippen LogP contribution in [-0.4, -0.2) is 21.8 Å². The number of nitrogens with zero attached hydrogens (tertiary/aromatic N) is 3. The number of hydrogen-bond acceptors (Lipinski definition) is 3. The van der Waals surface area contributed by atoms with Crippen LogP contribution in [0.25, 0.3) is 0 Å². The Kier molecular flexibility index (Phi) is 4.49. The van der Waals surface area contributed by atoms with Crippen LogP contribution in [0.15, 0.2) is 35.2 Å². The summed E-state index contributed by atoms with van der Waals surface area (Å²) in [6.07, 6.45) is 7.57. The van der Waals surface area contributed by atoms with Gasteiger partial charge in [0.2, 0.25) is 0 Å². The van der Waals surface area contributed by atoms with Crippen molar-refractivity contribution in [3.8, 4) is 0 Å². The number of nitrogens with one attached hydrogen (secondary N) is 1. The highest BCUT2D eigenvalue weighted by Gasteiger charge is 2.11. The molecule has 1 N–H and O–H groups in total. The van der Waals surface area contributed by atoms with Crippen LogP contribution in [0.5, 0.6) is 0 Å². The molecule has 5 heteroatoms. The average Bonchev–Trinajstić information content (AvgIpc) is 2.76. The molecule has 2 aromatic heterocycles. The van der Waals surface area contributed by atoms with Crippen LogP contribution < -0.4 is 5.32 Å². The molecule has 0 aliphatic rings. The number of halogens is 1. The Morgan fingerprint density at radius 1 is 1.44 bits per heavy atom. The van der Waals surface area contributed by atoms with Gasteiger partial charge in [-0.15, -0.1) is 0 Å². The molecule has 2 heterocycles. The fourth-order valence-electron chi connectivity index (χ4n) is 2.04. The van der Waals surface area contributed by atoms with Gasteiger partial charge in [0.15, 0.2) is 0 Å². The Morgan fingerprint density at radius 3 is 2.89 bits per heavy atom. The van der Waals surface area contributed by atoms with Crippen LogP contribution in [0.4, 0.5) is 0 Å². The van der Waals surface area contributed by atoms with E-state index in [0.717, 1.165) is 17.3 Å². The van der Waals surface area contributed by atoms with Crippen molar-refractivity contribution in [1.29, 1.82) is 0 Å². The predicted octanol–water partition coefficient (Wildman–Crippen LogP) is 2.47. The zero-order valence-electron chi connectivity index (χ0n) is 10.6. The summed E-state index contributed by atoms with van der Waals surface area (Å²) in [4.78, 5) is 4.21. The zero-order valence-corrected chi connectivity index (χ0v) is 12.2. The van der Waals surface area contributed by atoms with Gasteiger partial charge in [0.1, 0.15) is 0 Å². The van der Waals surface area contributed by atoms with E-state index in [1.54, 1.807) is 6.20 Å². The van der Waals surface area contributed by atoms with Gasteiger partial charge in [0.25, 0.3) is 0 Å². The molecule has 2 rings (SSSR count). The van der Waals surface area contributed by atoms with Crippen molar-refractivity contribution in [2.45, 2.75) is 18.9 Å². The molecule has 4 nitrogen and oxygen atoms in total. The second kappa shape index (κ2) is 6.11. The van der Waals surface area contributed by atoms with Crippen LogP contribution in [0.2, 0.25) is 0 Å². The number of rotatable bonds is 5. The summed E-state index contributed by atoms with van der Waals surface area (Å²) in [5.41, 5.74) is 2.45. The van der Waals surface area contributed by atoms with Crippen LogP contribution in [0.1, 0.15) is 23.7 Å². The van der Waals surface area contributed by atoms with Crippen LogP contribution >= 0.6 is 15.9 Å². The second-order valence-corrected chi connectivity index (χ2v) is 5.18. The third-order valence-corrected chi connectivity index (χ3v) is 3.52. The molecular weight excluding hydrogens is 292 g/mol. The summed E-state index contributed by atoms with van der Waals surface area (Å²) >= 11 is 3.46. The maximum absolute atomic E-state index is 4.21. The highest BCUT2D eigenvalue weighted by molar-refractivity contribution is 9.10.